The average Bonchev–Trinajstić information content (AvgIpc) is 3.14. The van der Waals surface area contributed by atoms with Gasteiger partial charge in [0, 0.05) is 23.7 Å². The number of hydrogen-bond donors (Lipinski definition) is 1. The van der Waals surface area contributed by atoms with E-state index in [9.17, 15) is 4.79 Å². The van der Waals surface area contributed by atoms with Crippen molar-refractivity contribution in [3.8, 4) is 11.5 Å². The topological polar surface area (TPSA) is 62.1 Å². The van der Waals surface area contributed by atoms with Crippen LogP contribution in [0.1, 0.15) is 42.5 Å². The van der Waals surface area contributed by atoms with Crippen LogP contribution in [0.3, 0.4) is 0 Å². The summed E-state index contributed by atoms with van der Waals surface area (Å²) in [7, 11) is 0. The number of carbonyl (C=O) groups is 1. The van der Waals surface area contributed by atoms with E-state index in [-0.39, 0.29) is 10.7 Å². The molecule has 2 heterocycles. The molecule has 1 saturated heterocycles. The molecule has 2 fully saturated rings. The van der Waals surface area contributed by atoms with E-state index in [1.807, 2.05) is 24.3 Å². The number of H-pyrrole nitrogens is 1. The van der Waals surface area contributed by atoms with Gasteiger partial charge in [-0.15, -0.1) is 5.10 Å². The van der Waals surface area contributed by atoms with Crippen LogP contribution >= 0.6 is 12.2 Å². The summed E-state index contributed by atoms with van der Waals surface area (Å²) in [5, 5.41) is 6.60. The molecule has 1 atom stereocenters. The minimum absolute atomic E-state index is 0.147. The highest BCUT2D eigenvalue weighted by atomic mass is 32.1. The largest absolute Gasteiger partial charge is 0.409 e. The zero-order valence-corrected chi connectivity index (χ0v) is 13.6. The number of aromatic nitrogens is 2. The van der Waals surface area contributed by atoms with Crippen LogP contribution in [-0.4, -0.2) is 33.6 Å². The van der Waals surface area contributed by atoms with Crippen molar-refractivity contribution in [2.24, 2.45) is 5.92 Å². The van der Waals surface area contributed by atoms with Crippen LogP contribution < -0.4 is 0 Å². The second-order valence-electron chi connectivity index (χ2n) is 6.39. The number of likely N-dealkylation sites (tertiary alicyclic amines) is 1. The van der Waals surface area contributed by atoms with E-state index in [0.29, 0.717) is 17.9 Å². The lowest BCUT2D eigenvalue weighted by Crippen LogP contribution is -2.42. The summed E-state index contributed by atoms with van der Waals surface area (Å²) in [4.78, 5) is 15.2. The standard InChI is InChI=1S/C17H19N3O2S/c21-16(20-10-2-5-14(20)11-3-1-4-11)13-8-6-12(7-9-13)15-18-19-17(23)22-15/h6-9,11,14H,1-5,10H2,(H,19,23). The van der Waals surface area contributed by atoms with Gasteiger partial charge in [-0.2, -0.15) is 0 Å². The van der Waals surface area contributed by atoms with E-state index in [2.05, 4.69) is 15.1 Å². The first kappa shape index (κ1) is 14.6. The number of amides is 1. The normalized spacial score (nSPS) is 21.4. The number of hydrogen-bond acceptors (Lipinski definition) is 4. The highest BCUT2D eigenvalue weighted by Crippen LogP contribution is 2.37. The van der Waals surface area contributed by atoms with Crippen molar-refractivity contribution >= 4 is 18.1 Å². The quantitative estimate of drug-likeness (QED) is 0.870. The summed E-state index contributed by atoms with van der Waals surface area (Å²) in [6.45, 7) is 0.885. The number of rotatable bonds is 3. The van der Waals surface area contributed by atoms with Crippen molar-refractivity contribution < 1.29 is 9.21 Å². The van der Waals surface area contributed by atoms with Crippen LogP contribution in [0.5, 0.6) is 0 Å². The fraction of sp³-hybridized carbons (Fsp3) is 0.471. The van der Waals surface area contributed by atoms with Crippen LogP contribution in [0.15, 0.2) is 28.7 Å². The summed E-state index contributed by atoms with van der Waals surface area (Å²) >= 11 is 4.88. The van der Waals surface area contributed by atoms with Gasteiger partial charge in [0.15, 0.2) is 0 Å². The molecule has 1 aromatic carbocycles. The molecular weight excluding hydrogens is 310 g/mol. The Labute approximate surface area is 139 Å². The highest BCUT2D eigenvalue weighted by Gasteiger charge is 2.37. The van der Waals surface area contributed by atoms with Crippen molar-refractivity contribution in [1.82, 2.24) is 15.1 Å². The van der Waals surface area contributed by atoms with Gasteiger partial charge in [-0.3, -0.25) is 4.79 Å². The molecule has 120 valence electrons. The summed E-state index contributed by atoms with van der Waals surface area (Å²) < 4.78 is 5.29. The first-order chi connectivity index (χ1) is 11.2. The van der Waals surface area contributed by atoms with Crippen molar-refractivity contribution in [2.75, 3.05) is 6.54 Å². The third kappa shape index (κ3) is 2.72. The molecule has 1 unspecified atom stereocenters. The Morgan fingerprint density at radius 3 is 2.61 bits per heavy atom. The Kier molecular flexibility index (Phi) is 3.77. The molecule has 1 N–H and O–H groups in total. The van der Waals surface area contributed by atoms with Crippen molar-refractivity contribution in [3.63, 3.8) is 0 Å². The minimum atomic E-state index is 0.147. The predicted octanol–water partition coefficient (Wildman–Crippen LogP) is 3.80. The van der Waals surface area contributed by atoms with Crippen LogP contribution in [-0.2, 0) is 0 Å². The second-order valence-corrected chi connectivity index (χ2v) is 6.77. The molecule has 0 spiro atoms. The monoisotopic (exact) mass is 329 g/mol. The molecule has 1 aliphatic carbocycles. The van der Waals surface area contributed by atoms with Crippen LogP contribution in [0.25, 0.3) is 11.5 Å². The van der Waals surface area contributed by atoms with Crippen LogP contribution in [0, 0.1) is 10.8 Å². The van der Waals surface area contributed by atoms with E-state index < -0.39 is 0 Å². The number of benzene rings is 1. The van der Waals surface area contributed by atoms with Gasteiger partial charge in [0.25, 0.3) is 10.7 Å². The van der Waals surface area contributed by atoms with E-state index in [1.54, 1.807) is 0 Å². The van der Waals surface area contributed by atoms with Gasteiger partial charge in [0.2, 0.25) is 5.89 Å². The molecule has 1 aromatic heterocycles. The van der Waals surface area contributed by atoms with Crippen LogP contribution in [0.4, 0.5) is 0 Å². The molecule has 0 radical (unpaired) electrons. The molecule has 2 aromatic rings. The summed E-state index contributed by atoms with van der Waals surface area (Å²) in [5.74, 6) is 1.31. The molecular formula is C17H19N3O2S. The first-order valence-electron chi connectivity index (χ1n) is 8.19. The molecule has 23 heavy (non-hydrogen) atoms. The van der Waals surface area contributed by atoms with Gasteiger partial charge >= 0.3 is 0 Å². The lowest BCUT2D eigenvalue weighted by molar-refractivity contribution is 0.0626. The van der Waals surface area contributed by atoms with Crippen molar-refractivity contribution in [2.45, 2.75) is 38.1 Å². The average molecular weight is 329 g/mol. The molecule has 0 bridgehead atoms. The molecule has 1 amide bonds. The summed E-state index contributed by atoms with van der Waals surface area (Å²) in [6.07, 6.45) is 6.14. The second kappa shape index (κ2) is 5.92. The Morgan fingerprint density at radius 1 is 1.22 bits per heavy atom. The SMILES string of the molecule is O=C(c1ccc(-c2n[nH]c(=S)o2)cc1)N1CCCC1C1CCC1. The summed E-state index contributed by atoms with van der Waals surface area (Å²) in [5.41, 5.74) is 1.54. The smallest absolute Gasteiger partial charge is 0.284 e. The lowest BCUT2D eigenvalue weighted by atomic mass is 9.78. The fourth-order valence-corrected chi connectivity index (χ4v) is 3.76. The van der Waals surface area contributed by atoms with Gasteiger partial charge in [0.1, 0.15) is 0 Å². The first-order valence-corrected chi connectivity index (χ1v) is 8.60. The number of carbonyl (C=O) groups excluding carboxylic acids is 1. The number of nitrogens with one attached hydrogen (secondary N) is 1. The van der Waals surface area contributed by atoms with E-state index in [1.165, 1.54) is 19.3 Å². The highest BCUT2D eigenvalue weighted by molar-refractivity contribution is 7.71. The summed E-state index contributed by atoms with van der Waals surface area (Å²) in [6, 6.07) is 7.86. The number of nitrogens with zero attached hydrogens (tertiary/aromatic N) is 2. The van der Waals surface area contributed by atoms with Crippen molar-refractivity contribution in [3.05, 3.63) is 34.7 Å². The van der Waals surface area contributed by atoms with Gasteiger partial charge < -0.3 is 9.32 Å². The maximum Gasteiger partial charge on any atom is 0.284 e. The predicted molar refractivity (Wildman–Crippen MR) is 88.5 cm³/mol. The van der Waals surface area contributed by atoms with Gasteiger partial charge in [0.05, 0.1) is 0 Å². The number of aromatic amines is 1. The molecule has 1 saturated carbocycles. The third-order valence-electron chi connectivity index (χ3n) is 5.07. The van der Waals surface area contributed by atoms with Crippen molar-refractivity contribution in [1.29, 1.82) is 0 Å². The Morgan fingerprint density at radius 2 is 2.00 bits per heavy atom. The Hall–Kier alpha value is -1.95. The molecule has 2 aliphatic rings. The lowest BCUT2D eigenvalue weighted by Gasteiger charge is -2.37. The maximum atomic E-state index is 12.8. The van der Waals surface area contributed by atoms with E-state index in [0.717, 1.165) is 30.5 Å². The van der Waals surface area contributed by atoms with Crippen LogP contribution in [0.2, 0.25) is 0 Å². The Balaban J connectivity index is 1.53. The van der Waals surface area contributed by atoms with Gasteiger partial charge in [-0.05, 0) is 68.1 Å². The maximum absolute atomic E-state index is 12.8. The zero-order chi connectivity index (χ0) is 15.8. The van der Waals surface area contributed by atoms with Gasteiger partial charge in [-0.1, -0.05) is 6.42 Å². The van der Waals surface area contributed by atoms with Gasteiger partial charge in [-0.25, -0.2) is 5.10 Å². The zero-order valence-electron chi connectivity index (χ0n) is 12.8. The molecule has 6 heteroatoms. The minimum Gasteiger partial charge on any atom is -0.409 e. The molecule has 4 rings (SSSR count). The Bertz CT molecular complexity index is 761. The molecule has 5 nitrogen and oxygen atoms in total. The molecule has 1 aliphatic heterocycles. The van der Waals surface area contributed by atoms with E-state index >= 15 is 0 Å². The van der Waals surface area contributed by atoms with E-state index in [4.69, 9.17) is 16.6 Å². The third-order valence-corrected chi connectivity index (χ3v) is 5.25. The fourth-order valence-electron chi connectivity index (χ4n) is 3.63.